The van der Waals surface area contributed by atoms with Gasteiger partial charge in [-0.3, -0.25) is 4.79 Å². The van der Waals surface area contributed by atoms with Crippen molar-refractivity contribution >= 4 is 52.6 Å². The normalized spacial score (nSPS) is 17.7. The molecule has 0 aliphatic carbocycles. The van der Waals surface area contributed by atoms with Gasteiger partial charge >= 0.3 is 0 Å². The van der Waals surface area contributed by atoms with Crippen LogP contribution in [0.3, 0.4) is 0 Å². The molecule has 2 aromatic rings. The molecule has 8 heteroatoms. The van der Waals surface area contributed by atoms with Gasteiger partial charge in [-0.2, -0.15) is 0 Å². The molecular formula is C19H18Cl2N2O3S. The average Bonchev–Trinajstić information content (AvgIpc) is 2.98. The van der Waals surface area contributed by atoms with E-state index < -0.39 is 0 Å². The second-order valence-corrected chi connectivity index (χ2v) is 7.80. The molecule has 0 aromatic heterocycles. The van der Waals surface area contributed by atoms with E-state index >= 15 is 0 Å². The quantitative estimate of drug-likeness (QED) is 0.667. The molecule has 0 radical (unpaired) electrons. The summed E-state index contributed by atoms with van der Waals surface area (Å²) in [6.45, 7) is 1.95. The van der Waals surface area contributed by atoms with Gasteiger partial charge in [0.2, 0.25) is 0 Å². The summed E-state index contributed by atoms with van der Waals surface area (Å²) in [4.78, 5) is 12.9. The minimum absolute atomic E-state index is 0.171. The molecule has 2 N–H and O–H groups in total. The maximum atomic E-state index is 12.3. The van der Waals surface area contributed by atoms with Crippen LogP contribution in [-0.4, -0.2) is 25.6 Å². The number of carbonyl (C=O) groups excluding carboxylic acids is 1. The summed E-state index contributed by atoms with van der Waals surface area (Å²) < 4.78 is 10.5. The molecule has 2 aromatic carbocycles. The lowest BCUT2D eigenvalue weighted by Crippen LogP contribution is -2.31. The van der Waals surface area contributed by atoms with Crippen LogP contribution in [0.25, 0.3) is 6.08 Å². The van der Waals surface area contributed by atoms with Crippen LogP contribution in [-0.2, 0) is 4.79 Å². The van der Waals surface area contributed by atoms with E-state index in [1.165, 1.54) is 11.8 Å². The van der Waals surface area contributed by atoms with E-state index in [-0.39, 0.29) is 11.4 Å². The Balaban J connectivity index is 1.81. The number of halogens is 2. The zero-order valence-electron chi connectivity index (χ0n) is 14.9. The largest absolute Gasteiger partial charge is 0.493 e. The van der Waals surface area contributed by atoms with Crippen LogP contribution >= 0.6 is 35.0 Å². The third-order valence-corrected chi connectivity index (χ3v) is 5.59. The molecule has 1 atom stereocenters. The fraction of sp³-hybridized carbons (Fsp3) is 0.211. The van der Waals surface area contributed by atoms with Gasteiger partial charge in [-0.25, -0.2) is 0 Å². The van der Waals surface area contributed by atoms with Crippen molar-refractivity contribution in [2.24, 2.45) is 0 Å². The van der Waals surface area contributed by atoms with Gasteiger partial charge in [0.25, 0.3) is 5.91 Å². The highest BCUT2D eigenvalue weighted by molar-refractivity contribution is 8.05. The van der Waals surface area contributed by atoms with E-state index in [4.69, 9.17) is 32.7 Å². The van der Waals surface area contributed by atoms with Crippen LogP contribution in [0.1, 0.15) is 11.1 Å². The lowest BCUT2D eigenvalue weighted by atomic mass is 10.2. The Hall–Kier alpha value is -2.02. The Morgan fingerprint density at radius 2 is 1.85 bits per heavy atom. The fourth-order valence-corrected chi connectivity index (χ4v) is 4.02. The summed E-state index contributed by atoms with van der Waals surface area (Å²) in [6, 6.07) is 8.96. The Morgan fingerprint density at radius 3 is 2.52 bits per heavy atom. The molecule has 1 saturated heterocycles. The second-order valence-electron chi connectivity index (χ2n) is 5.81. The Bertz CT molecular complexity index is 918. The summed E-state index contributed by atoms with van der Waals surface area (Å²) >= 11 is 13.7. The van der Waals surface area contributed by atoms with Crippen LogP contribution < -0.4 is 20.1 Å². The molecule has 5 nitrogen and oxygen atoms in total. The first-order chi connectivity index (χ1) is 12.9. The number of hydrogen-bond donors (Lipinski definition) is 2. The number of rotatable bonds is 5. The number of thioether (sulfide) groups is 1. The second kappa shape index (κ2) is 8.33. The Kier molecular flexibility index (Phi) is 6.09. The molecule has 0 saturated carbocycles. The van der Waals surface area contributed by atoms with E-state index in [1.54, 1.807) is 38.5 Å². The van der Waals surface area contributed by atoms with Crippen LogP contribution in [0.15, 0.2) is 35.2 Å². The third-order valence-electron chi connectivity index (χ3n) is 4.00. The van der Waals surface area contributed by atoms with E-state index in [0.717, 1.165) is 11.3 Å². The maximum Gasteiger partial charge on any atom is 0.260 e. The Labute approximate surface area is 172 Å². The molecular weight excluding hydrogens is 407 g/mol. The number of anilines is 1. The van der Waals surface area contributed by atoms with Crippen molar-refractivity contribution in [2.75, 3.05) is 19.5 Å². The van der Waals surface area contributed by atoms with Gasteiger partial charge in [0.15, 0.2) is 17.0 Å². The predicted octanol–water partition coefficient (Wildman–Crippen LogP) is 4.92. The highest BCUT2D eigenvalue weighted by atomic mass is 35.5. The van der Waals surface area contributed by atoms with Gasteiger partial charge in [0, 0.05) is 16.8 Å². The maximum absolute atomic E-state index is 12.3. The molecule has 1 fully saturated rings. The lowest BCUT2D eigenvalue weighted by Gasteiger charge is -2.15. The van der Waals surface area contributed by atoms with Crippen LogP contribution in [0.5, 0.6) is 11.5 Å². The van der Waals surface area contributed by atoms with Gasteiger partial charge in [-0.1, -0.05) is 35.0 Å². The minimum atomic E-state index is -0.289. The van der Waals surface area contributed by atoms with Gasteiger partial charge in [-0.05, 0) is 48.4 Å². The van der Waals surface area contributed by atoms with E-state index in [0.29, 0.717) is 32.0 Å². The smallest absolute Gasteiger partial charge is 0.260 e. The topological polar surface area (TPSA) is 59.6 Å². The van der Waals surface area contributed by atoms with Crippen molar-refractivity contribution in [3.8, 4) is 11.5 Å². The van der Waals surface area contributed by atoms with Crippen molar-refractivity contribution in [3.05, 3.63) is 56.4 Å². The van der Waals surface area contributed by atoms with Gasteiger partial charge in [-0.15, -0.1) is 0 Å². The number of amides is 1. The van der Waals surface area contributed by atoms with Gasteiger partial charge < -0.3 is 20.1 Å². The van der Waals surface area contributed by atoms with Gasteiger partial charge in [0.1, 0.15) is 0 Å². The summed E-state index contributed by atoms with van der Waals surface area (Å²) in [5.74, 6) is 0.907. The van der Waals surface area contributed by atoms with Crippen LogP contribution in [0.4, 0.5) is 5.69 Å². The van der Waals surface area contributed by atoms with Crippen LogP contribution in [0, 0.1) is 6.92 Å². The number of nitrogens with one attached hydrogen (secondary N) is 2. The first-order valence-electron chi connectivity index (χ1n) is 8.04. The van der Waals surface area contributed by atoms with Crippen molar-refractivity contribution < 1.29 is 14.3 Å². The molecule has 142 valence electrons. The van der Waals surface area contributed by atoms with Gasteiger partial charge in [0.05, 0.1) is 24.1 Å². The van der Waals surface area contributed by atoms with Crippen LogP contribution in [0.2, 0.25) is 10.0 Å². The fourth-order valence-electron chi connectivity index (χ4n) is 2.62. The molecule has 1 heterocycles. The van der Waals surface area contributed by atoms with Crippen molar-refractivity contribution in [1.29, 1.82) is 0 Å². The van der Waals surface area contributed by atoms with E-state index in [2.05, 4.69) is 10.6 Å². The minimum Gasteiger partial charge on any atom is -0.493 e. The molecule has 1 amide bonds. The average molecular weight is 425 g/mol. The highest BCUT2D eigenvalue weighted by Crippen LogP contribution is 2.37. The standard InChI is InChI=1S/C19H18Cl2N2O3S/c1-10-6-12(20)4-5-14(10)22-19-23-18(24)17(27-19)8-11-7-15(25-2)16(26-3)9-13(11)21/h4-9,19,22H,1-3H3,(H,23,24)/b17-8-. The predicted molar refractivity (Wildman–Crippen MR) is 112 cm³/mol. The zero-order valence-corrected chi connectivity index (χ0v) is 17.3. The van der Waals surface area contributed by atoms with Crippen molar-refractivity contribution in [1.82, 2.24) is 5.32 Å². The lowest BCUT2D eigenvalue weighted by molar-refractivity contribution is -0.116. The molecule has 1 aliphatic rings. The third kappa shape index (κ3) is 4.46. The SMILES string of the molecule is COc1cc(Cl)c(/C=C2\SC(Nc3ccc(Cl)cc3C)NC2=O)cc1OC. The monoisotopic (exact) mass is 424 g/mol. The Morgan fingerprint density at radius 1 is 1.15 bits per heavy atom. The summed E-state index contributed by atoms with van der Waals surface area (Å²) in [6.07, 6.45) is 1.74. The van der Waals surface area contributed by atoms with E-state index in [9.17, 15) is 4.79 Å². The van der Waals surface area contributed by atoms with Crippen molar-refractivity contribution in [2.45, 2.75) is 12.4 Å². The highest BCUT2D eigenvalue weighted by Gasteiger charge is 2.27. The molecule has 0 spiro atoms. The number of benzene rings is 2. The molecule has 0 bridgehead atoms. The van der Waals surface area contributed by atoms with Crippen molar-refractivity contribution in [3.63, 3.8) is 0 Å². The zero-order chi connectivity index (χ0) is 19.6. The summed E-state index contributed by atoms with van der Waals surface area (Å²) in [5, 5.41) is 7.33. The number of carbonyl (C=O) groups is 1. The van der Waals surface area contributed by atoms with E-state index in [1.807, 2.05) is 19.1 Å². The number of ether oxygens (including phenoxy) is 2. The first-order valence-corrected chi connectivity index (χ1v) is 9.68. The number of hydrogen-bond acceptors (Lipinski definition) is 5. The first kappa shape index (κ1) is 19.7. The summed E-state index contributed by atoms with van der Waals surface area (Å²) in [7, 11) is 3.09. The molecule has 1 unspecified atom stereocenters. The number of aryl methyl sites for hydroxylation is 1. The molecule has 3 rings (SSSR count). The molecule has 27 heavy (non-hydrogen) atoms. The number of methoxy groups -OCH3 is 2. The summed E-state index contributed by atoms with van der Waals surface area (Å²) in [5.41, 5.74) is 2.29. The molecule has 1 aliphatic heterocycles.